The van der Waals surface area contributed by atoms with Crippen LogP contribution < -0.4 is 32.9 Å². The average molecular weight is 819 g/mol. The molecule has 0 radical (unpaired) electrons. The lowest BCUT2D eigenvalue weighted by Crippen LogP contribution is -2.31. The second-order valence-corrected chi connectivity index (χ2v) is 17.8. The van der Waals surface area contributed by atoms with Crippen molar-refractivity contribution in [3.8, 4) is 0 Å². The van der Waals surface area contributed by atoms with E-state index in [0.29, 0.717) is 25.9 Å². The Kier molecular flexibility index (Phi) is 20.7. The predicted molar refractivity (Wildman–Crippen MR) is 197 cm³/mol. The molecule has 2 N–H and O–H groups in total. The lowest BCUT2D eigenvalue weighted by atomic mass is 10.2. The van der Waals surface area contributed by atoms with Crippen LogP contribution in [0.15, 0.2) is 0 Å². The fourth-order valence-corrected chi connectivity index (χ4v) is 10.2. The van der Waals surface area contributed by atoms with Gasteiger partial charge in [0, 0.05) is 13.1 Å². The molecular weight excluding hydrogens is 764 g/mol. The molecule has 0 aliphatic heterocycles. The Bertz CT molecular complexity index is 1330. The van der Waals surface area contributed by atoms with Gasteiger partial charge in [-0.15, -0.1) is 0 Å². The van der Waals surface area contributed by atoms with Crippen molar-refractivity contribution < 1.29 is 54.5 Å². The van der Waals surface area contributed by atoms with E-state index in [0.717, 1.165) is 12.8 Å². The molecule has 0 saturated heterocycles. The fourth-order valence-electron chi connectivity index (χ4n) is 4.33. The lowest BCUT2D eigenvalue weighted by molar-refractivity contribution is 0.225. The molecule has 2 aromatic rings. The zero-order chi connectivity index (χ0) is 38.7. The number of hydrogen-bond donors (Lipinski definition) is 2. The number of aromatic nitrogens is 6. The Morgan fingerprint density at radius 1 is 0.365 bits per heavy atom. The van der Waals surface area contributed by atoms with Crippen LogP contribution >= 0.6 is 30.4 Å². The molecule has 0 spiro atoms. The third kappa shape index (κ3) is 13.5. The van der Waals surface area contributed by atoms with Gasteiger partial charge in [-0.3, -0.25) is 18.3 Å². The number of nitrogens with one attached hydrogen (secondary N) is 2. The first-order valence-electron chi connectivity index (χ1n) is 17.4. The van der Waals surface area contributed by atoms with Crippen molar-refractivity contribution in [3.63, 3.8) is 0 Å². The summed E-state index contributed by atoms with van der Waals surface area (Å²) >= 11 is 0. The highest BCUT2D eigenvalue weighted by Gasteiger charge is 2.39. The highest BCUT2D eigenvalue weighted by molar-refractivity contribution is 7.63. The number of hydrogen-bond acceptors (Lipinski definition) is 20. The molecule has 0 amide bonds. The van der Waals surface area contributed by atoms with Crippen LogP contribution in [-0.4, -0.2) is 95.8 Å². The summed E-state index contributed by atoms with van der Waals surface area (Å²) in [5.74, 6) is 0.0188. The number of unbranched alkanes of at least 4 members (excludes halogenated alkanes) is 3. The van der Waals surface area contributed by atoms with Crippen molar-refractivity contribution in [2.45, 2.75) is 81.1 Å². The minimum atomic E-state index is -3.97. The van der Waals surface area contributed by atoms with E-state index in [1.807, 2.05) is 0 Å². The Balaban J connectivity index is 2.15. The van der Waals surface area contributed by atoms with Gasteiger partial charge in [0.1, 0.15) is 0 Å². The second kappa shape index (κ2) is 23.2. The second-order valence-electron chi connectivity index (χ2n) is 10.1. The van der Waals surface area contributed by atoms with E-state index in [9.17, 15) is 18.3 Å². The summed E-state index contributed by atoms with van der Waals surface area (Å²) < 4.78 is 97.4. The van der Waals surface area contributed by atoms with Gasteiger partial charge in [-0.2, -0.15) is 29.9 Å². The van der Waals surface area contributed by atoms with E-state index < -0.39 is 30.4 Å². The smallest absolute Gasteiger partial charge is 0.354 e. The summed E-state index contributed by atoms with van der Waals surface area (Å²) in [6.07, 6.45) is 2.90. The van der Waals surface area contributed by atoms with E-state index in [-0.39, 0.29) is 87.0 Å². The van der Waals surface area contributed by atoms with Gasteiger partial charge in [-0.25, -0.2) is 0 Å². The third-order valence-corrected chi connectivity index (χ3v) is 13.8. The minimum absolute atomic E-state index is 0.00941. The molecule has 20 nitrogen and oxygen atoms in total. The summed E-state index contributed by atoms with van der Waals surface area (Å²) in [5.41, 5.74) is -1.23. The van der Waals surface area contributed by atoms with Gasteiger partial charge in [0.15, 0.2) is 0 Å². The SMILES string of the molecule is CCOP(=O)(OCC)c1nc(NCCCCCCNc2nc(P(=O)(OCC)OCC)nc(P(=O)(OCC)OCC)n2)nc(P(=O)(OCC)OCC)n1. The van der Waals surface area contributed by atoms with Crippen LogP contribution in [0.5, 0.6) is 0 Å². The normalized spacial score (nSPS) is 12.7. The van der Waals surface area contributed by atoms with Gasteiger partial charge in [0.2, 0.25) is 34.2 Å². The van der Waals surface area contributed by atoms with Crippen molar-refractivity contribution in [1.29, 1.82) is 0 Å². The molecule has 24 heteroatoms. The zero-order valence-corrected chi connectivity index (χ0v) is 34.8. The van der Waals surface area contributed by atoms with E-state index in [4.69, 9.17) is 36.2 Å². The van der Waals surface area contributed by atoms with Crippen molar-refractivity contribution in [2.24, 2.45) is 0 Å². The molecule has 0 saturated carbocycles. The van der Waals surface area contributed by atoms with Gasteiger partial charge in [0.25, 0.3) is 0 Å². The molecule has 0 unspecified atom stereocenters. The van der Waals surface area contributed by atoms with Gasteiger partial charge in [-0.1, -0.05) is 12.8 Å². The largest absolute Gasteiger partial charge is 0.398 e. The highest BCUT2D eigenvalue weighted by atomic mass is 31.2. The summed E-state index contributed by atoms with van der Waals surface area (Å²) in [6.45, 7) is 14.5. The molecular formula is C28H54N8O12P4. The summed E-state index contributed by atoms with van der Waals surface area (Å²) in [4.78, 5) is 25.4. The molecule has 0 fully saturated rings. The Hall–Kier alpha value is -1.78. The third-order valence-electron chi connectivity index (χ3n) is 6.27. The molecule has 298 valence electrons. The molecule has 0 atom stereocenters. The van der Waals surface area contributed by atoms with E-state index in [1.165, 1.54) is 0 Å². The zero-order valence-electron chi connectivity index (χ0n) is 31.3. The topological polar surface area (TPSA) is 244 Å². The highest BCUT2D eigenvalue weighted by Crippen LogP contribution is 2.49. The molecule has 0 aliphatic carbocycles. The van der Waals surface area contributed by atoms with E-state index in [2.05, 4.69) is 40.5 Å². The maximum absolute atomic E-state index is 13.5. The first kappa shape index (κ1) is 46.4. The van der Waals surface area contributed by atoms with Crippen LogP contribution in [0.1, 0.15) is 81.1 Å². The summed E-state index contributed by atoms with van der Waals surface area (Å²) in [6, 6.07) is 0. The van der Waals surface area contributed by atoms with Crippen LogP contribution in [0.25, 0.3) is 0 Å². The lowest BCUT2D eigenvalue weighted by Gasteiger charge is -2.19. The van der Waals surface area contributed by atoms with Gasteiger partial charge < -0.3 is 46.8 Å². The Morgan fingerprint density at radius 3 is 0.769 bits per heavy atom. The molecule has 0 aromatic carbocycles. The molecule has 2 rings (SSSR count). The maximum Gasteiger partial charge on any atom is 0.398 e. The first-order chi connectivity index (χ1) is 24.9. The number of anilines is 2. The van der Waals surface area contributed by atoms with Crippen molar-refractivity contribution in [1.82, 2.24) is 29.9 Å². The quantitative estimate of drug-likeness (QED) is 0.0834. The molecule has 0 bridgehead atoms. The molecule has 2 aromatic heterocycles. The summed E-state index contributed by atoms with van der Waals surface area (Å²) in [7, 11) is -15.9. The standard InChI is InChI=1S/C28H54N8O12P4/c1-9-41-49(37,42-10-2)25-31-23(32-26(35-25)50(38,43-11-3)44-12-4)29-21-19-17-18-20-22-30-24-33-27(51(39,45-13-5)46-14-6)36-28(34-24)52(40,47-15-7)48-16-8/h9-22H2,1-8H3,(H,29,31,32,35)(H,30,33,34,36). The Morgan fingerprint density at radius 2 is 0.577 bits per heavy atom. The van der Waals surface area contributed by atoms with E-state index in [1.54, 1.807) is 55.4 Å². The van der Waals surface area contributed by atoms with E-state index >= 15 is 0 Å². The van der Waals surface area contributed by atoms with Crippen LogP contribution in [-0.2, 0) is 54.5 Å². The van der Waals surface area contributed by atoms with Crippen molar-refractivity contribution in [3.05, 3.63) is 0 Å². The van der Waals surface area contributed by atoms with Crippen molar-refractivity contribution >= 4 is 64.5 Å². The van der Waals surface area contributed by atoms with Crippen LogP contribution in [0.2, 0.25) is 0 Å². The predicted octanol–water partition coefficient (Wildman–Crippen LogP) is 4.71. The number of rotatable bonds is 29. The maximum atomic E-state index is 13.5. The fraction of sp³-hybridized carbons (Fsp3) is 0.786. The Labute approximate surface area is 306 Å². The van der Waals surface area contributed by atoms with Gasteiger partial charge in [-0.05, 0) is 68.2 Å². The van der Waals surface area contributed by atoms with Crippen LogP contribution in [0, 0.1) is 0 Å². The van der Waals surface area contributed by atoms with Crippen LogP contribution in [0.4, 0.5) is 11.9 Å². The summed E-state index contributed by atoms with van der Waals surface area (Å²) in [5, 5.41) is 6.13. The number of nitrogens with zero attached hydrogens (tertiary/aromatic N) is 6. The van der Waals surface area contributed by atoms with Crippen molar-refractivity contribution in [2.75, 3.05) is 76.6 Å². The van der Waals surface area contributed by atoms with Crippen LogP contribution in [0.3, 0.4) is 0 Å². The first-order valence-corrected chi connectivity index (χ1v) is 23.6. The molecule has 0 aliphatic rings. The van der Waals surface area contributed by atoms with Gasteiger partial charge in [0.05, 0.1) is 52.9 Å². The minimum Gasteiger partial charge on any atom is -0.354 e. The average Bonchev–Trinajstić information content (AvgIpc) is 3.10. The van der Waals surface area contributed by atoms with Gasteiger partial charge >= 0.3 is 30.4 Å². The molecule has 2 heterocycles. The molecule has 52 heavy (non-hydrogen) atoms. The monoisotopic (exact) mass is 818 g/mol.